The van der Waals surface area contributed by atoms with E-state index in [1.807, 2.05) is 0 Å². The topological polar surface area (TPSA) is 113 Å². The van der Waals surface area contributed by atoms with Crippen LogP contribution in [-0.4, -0.2) is 40.8 Å². The van der Waals surface area contributed by atoms with Crippen LogP contribution in [0.2, 0.25) is 0 Å². The van der Waals surface area contributed by atoms with Crippen molar-refractivity contribution in [3.63, 3.8) is 0 Å². The molecule has 12 heavy (non-hydrogen) atoms. The Kier molecular flexibility index (Phi) is 4.24. The molecule has 0 aromatic rings. The third-order valence-electron chi connectivity index (χ3n) is 1.30. The van der Waals surface area contributed by atoms with Crippen LogP contribution in [0.1, 0.15) is 6.92 Å². The first-order chi connectivity index (χ1) is 5.49. The van der Waals surface area contributed by atoms with E-state index in [0.717, 1.165) is 0 Å². The van der Waals surface area contributed by atoms with Gasteiger partial charge in [-0.1, -0.05) is 0 Å². The van der Waals surface area contributed by atoms with Crippen molar-refractivity contribution in [2.75, 3.05) is 6.54 Å². The molecule has 0 amide bonds. The molecule has 6 heteroatoms. The van der Waals surface area contributed by atoms with Crippen molar-refractivity contribution in [3.8, 4) is 0 Å². The van der Waals surface area contributed by atoms with E-state index in [0.29, 0.717) is 0 Å². The summed E-state index contributed by atoms with van der Waals surface area (Å²) in [4.78, 5) is 20.6. The molecule has 0 bridgehead atoms. The second-order valence-corrected chi connectivity index (χ2v) is 2.41. The smallest absolute Gasteiger partial charge is 0.332 e. The normalized spacial score (nSPS) is 12.9. The van der Waals surface area contributed by atoms with Gasteiger partial charge < -0.3 is 15.9 Å². The summed E-state index contributed by atoms with van der Waals surface area (Å²) in [5, 5.41) is 19.1. The second kappa shape index (κ2) is 4.68. The van der Waals surface area contributed by atoms with Crippen LogP contribution in [0.4, 0.5) is 0 Å². The predicted octanol–water partition coefficient (Wildman–Crippen LogP) is -1.54. The molecule has 6 nitrogen and oxygen atoms in total. The van der Waals surface area contributed by atoms with E-state index in [-0.39, 0.29) is 12.6 Å². The maximum Gasteiger partial charge on any atom is 0.332 e. The van der Waals surface area contributed by atoms with Crippen LogP contribution in [0, 0.1) is 0 Å². The monoisotopic (exact) mass is 176 g/mol. The number of carboxylic acid groups (broad SMARTS) is 2. The quantitative estimate of drug-likeness (QED) is 0.378. The second-order valence-electron chi connectivity index (χ2n) is 2.41. The summed E-state index contributed by atoms with van der Waals surface area (Å²) in [6.07, 6.45) is 0. The Balaban J connectivity index is 4.14. The summed E-state index contributed by atoms with van der Waals surface area (Å²) in [6, 6.07) is -1.91. The van der Waals surface area contributed by atoms with Gasteiger partial charge in [-0.2, -0.15) is 0 Å². The fraction of sp³-hybridized carbons (Fsp3) is 0.667. The lowest BCUT2D eigenvalue weighted by Gasteiger charge is -2.14. The van der Waals surface area contributed by atoms with Gasteiger partial charge in [0, 0.05) is 12.6 Å². The van der Waals surface area contributed by atoms with Crippen LogP contribution in [0.15, 0.2) is 0 Å². The van der Waals surface area contributed by atoms with Gasteiger partial charge in [0.05, 0.1) is 0 Å². The van der Waals surface area contributed by atoms with Gasteiger partial charge in [-0.05, 0) is 6.92 Å². The van der Waals surface area contributed by atoms with Gasteiger partial charge in [0.25, 0.3) is 0 Å². The summed E-state index contributed by atoms with van der Waals surface area (Å²) in [5.41, 5.74) is 5.17. The number of hydrogen-bond donors (Lipinski definition) is 4. The molecule has 0 aromatic heterocycles. The van der Waals surface area contributed by atoms with Gasteiger partial charge in [0.15, 0.2) is 0 Å². The summed E-state index contributed by atoms with van der Waals surface area (Å²) in [6.45, 7) is 1.80. The number of hydrogen-bond acceptors (Lipinski definition) is 4. The average Bonchev–Trinajstić information content (AvgIpc) is 1.98. The van der Waals surface area contributed by atoms with Crippen LogP contribution < -0.4 is 11.1 Å². The Hall–Kier alpha value is -1.14. The van der Waals surface area contributed by atoms with E-state index < -0.39 is 18.0 Å². The van der Waals surface area contributed by atoms with Gasteiger partial charge in [-0.15, -0.1) is 0 Å². The van der Waals surface area contributed by atoms with Gasteiger partial charge in [-0.25, -0.2) is 9.59 Å². The van der Waals surface area contributed by atoms with Gasteiger partial charge in [0.2, 0.25) is 6.04 Å². The molecular weight excluding hydrogens is 164 g/mol. The van der Waals surface area contributed by atoms with Crippen molar-refractivity contribution in [1.29, 1.82) is 0 Å². The van der Waals surface area contributed by atoms with E-state index in [1.54, 1.807) is 6.92 Å². The molecule has 1 atom stereocenters. The SMILES string of the molecule is CC(CN)NC(C(=O)O)C(=O)O. The number of nitrogens with two attached hydrogens (primary N) is 1. The molecule has 0 saturated heterocycles. The van der Waals surface area contributed by atoms with Gasteiger partial charge in [0.1, 0.15) is 0 Å². The zero-order valence-corrected chi connectivity index (χ0v) is 6.65. The van der Waals surface area contributed by atoms with Crippen molar-refractivity contribution < 1.29 is 19.8 Å². The number of nitrogens with one attached hydrogen (secondary N) is 1. The Morgan fingerprint density at radius 1 is 1.42 bits per heavy atom. The molecule has 0 rings (SSSR count). The molecule has 1 unspecified atom stereocenters. The van der Waals surface area contributed by atoms with E-state index in [9.17, 15) is 9.59 Å². The minimum atomic E-state index is -1.58. The number of aliphatic carboxylic acids is 2. The molecule has 0 aliphatic carbocycles. The summed E-state index contributed by atoms with van der Waals surface area (Å²) < 4.78 is 0. The number of rotatable bonds is 5. The van der Waals surface area contributed by atoms with E-state index in [1.165, 1.54) is 0 Å². The fourth-order valence-corrected chi connectivity index (χ4v) is 0.601. The first-order valence-electron chi connectivity index (χ1n) is 3.40. The highest BCUT2D eigenvalue weighted by atomic mass is 16.4. The minimum Gasteiger partial charge on any atom is -0.480 e. The lowest BCUT2D eigenvalue weighted by atomic mass is 10.2. The summed E-state index contributed by atoms with van der Waals surface area (Å²) in [7, 11) is 0. The minimum absolute atomic E-state index is 0.192. The Labute approximate surface area is 69.4 Å². The van der Waals surface area contributed by atoms with E-state index in [2.05, 4.69) is 5.32 Å². The van der Waals surface area contributed by atoms with Crippen molar-refractivity contribution in [1.82, 2.24) is 5.32 Å². The maximum absolute atomic E-state index is 10.3. The van der Waals surface area contributed by atoms with Crippen LogP contribution in [0.3, 0.4) is 0 Å². The van der Waals surface area contributed by atoms with E-state index in [4.69, 9.17) is 15.9 Å². The molecule has 0 radical (unpaired) electrons. The fourth-order valence-electron chi connectivity index (χ4n) is 0.601. The molecule has 5 N–H and O–H groups in total. The van der Waals surface area contributed by atoms with Crippen molar-refractivity contribution in [2.24, 2.45) is 5.73 Å². The number of carboxylic acids is 2. The first kappa shape index (κ1) is 10.9. The summed E-state index contributed by atoms with van der Waals surface area (Å²) in [5.74, 6) is -2.83. The average molecular weight is 176 g/mol. The lowest BCUT2D eigenvalue weighted by Crippen LogP contribution is -2.49. The van der Waals surface area contributed by atoms with Crippen LogP contribution in [0.5, 0.6) is 0 Å². The van der Waals surface area contributed by atoms with Crippen LogP contribution in [0.25, 0.3) is 0 Å². The molecule has 0 aliphatic rings. The molecule has 0 fully saturated rings. The van der Waals surface area contributed by atoms with Gasteiger partial charge in [-0.3, -0.25) is 5.32 Å². The van der Waals surface area contributed by atoms with Crippen LogP contribution >= 0.6 is 0 Å². The Bertz CT molecular complexity index is 168. The summed E-state index contributed by atoms with van der Waals surface area (Å²) >= 11 is 0. The van der Waals surface area contributed by atoms with Crippen molar-refractivity contribution in [2.45, 2.75) is 19.0 Å². The molecule has 0 saturated carbocycles. The van der Waals surface area contributed by atoms with Crippen molar-refractivity contribution in [3.05, 3.63) is 0 Å². The Morgan fingerprint density at radius 2 is 1.83 bits per heavy atom. The lowest BCUT2D eigenvalue weighted by molar-refractivity contribution is -0.151. The Morgan fingerprint density at radius 3 is 2.08 bits per heavy atom. The van der Waals surface area contributed by atoms with E-state index >= 15 is 0 Å². The highest BCUT2D eigenvalue weighted by Gasteiger charge is 2.26. The number of carbonyl (C=O) groups is 2. The first-order valence-corrected chi connectivity index (χ1v) is 3.40. The standard InChI is InChI=1S/C6H12N2O4/c1-3(2-7)8-4(5(9)10)6(11)12/h3-4,8H,2,7H2,1H3,(H,9,10)(H,11,12). The third-order valence-corrected chi connectivity index (χ3v) is 1.30. The predicted molar refractivity (Wildman–Crippen MR) is 40.7 cm³/mol. The molecule has 0 aromatic carbocycles. The zero-order chi connectivity index (χ0) is 9.72. The molecular formula is C6H12N2O4. The molecule has 0 heterocycles. The van der Waals surface area contributed by atoms with Crippen LogP contribution in [-0.2, 0) is 9.59 Å². The molecule has 0 aliphatic heterocycles. The highest BCUT2D eigenvalue weighted by molar-refractivity contribution is 5.97. The molecule has 70 valence electrons. The van der Waals surface area contributed by atoms with Crippen molar-refractivity contribution >= 4 is 11.9 Å². The van der Waals surface area contributed by atoms with Gasteiger partial charge >= 0.3 is 11.9 Å². The third kappa shape index (κ3) is 3.31. The molecule has 0 spiro atoms. The largest absolute Gasteiger partial charge is 0.480 e. The highest BCUT2D eigenvalue weighted by Crippen LogP contribution is 1.87. The zero-order valence-electron chi connectivity index (χ0n) is 6.65. The maximum atomic E-state index is 10.3.